The van der Waals surface area contributed by atoms with E-state index in [1.54, 1.807) is 0 Å². The Labute approximate surface area is 108 Å². The Balaban J connectivity index is 2.06. The summed E-state index contributed by atoms with van der Waals surface area (Å²) in [4.78, 5) is 11.8. The van der Waals surface area contributed by atoms with Crippen molar-refractivity contribution in [3.63, 3.8) is 0 Å². The first-order valence-corrected chi connectivity index (χ1v) is 6.11. The first kappa shape index (κ1) is 13.4. The van der Waals surface area contributed by atoms with Gasteiger partial charge < -0.3 is 0 Å². The summed E-state index contributed by atoms with van der Waals surface area (Å²) in [7, 11) is 0. The van der Waals surface area contributed by atoms with Gasteiger partial charge in [-0.25, -0.2) is 13.2 Å². The molecule has 1 aromatic rings. The smallest absolute Gasteiger partial charge is 0.248 e. The highest BCUT2D eigenvalue weighted by Crippen LogP contribution is 2.40. The minimum Gasteiger partial charge on any atom is -0.294 e. The zero-order valence-corrected chi connectivity index (χ0v) is 10.3. The van der Waals surface area contributed by atoms with Crippen molar-refractivity contribution in [3.8, 4) is 0 Å². The van der Waals surface area contributed by atoms with E-state index in [1.807, 2.05) is 0 Å². The molecule has 0 saturated heterocycles. The lowest BCUT2D eigenvalue weighted by Crippen LogP contribution is -2.12. The van der Waals surface area contributed by atoms with Crippen molar-refractivity contribution in [3.05, 3.63) is 34.6 Å². The molecule has 0 spiro atoms. The molecule has 1 saturated carbocycles. The van der Waals surface area contributed by atoms with Gasteiger partial charge in [0, 0.05) is 24.3 Å². The molecule has 1 aliphatic rings. The number of Topliss-reactive ketones (excluding diaryl/α,β-unsaturated/α-hetero) is 1. The molecule has 5 heteroatoms. The first-order chi connectivity index (χ1) is 8.37. The Bertz CT molecular complexity index is 473. The van der Waals surface area contributed by atoms with Gasteiger partial charge in [0.25, 0.3) is 0 Å². The third-order valence-corrected chi connectivity index (χ3v) is 3.44. The van der Waals surface area contributed by atoms with Gasteiger partial charge in [-0.1, -0.05) is 11.6 Å². The maximum absolute atomic E-state index is 13.4. The number of benzene rings is 1. The Morgan fingerprint density at radius 3 is 2.78 bits per heavy atom. The summed E-state index contributed by atoms with van der Waals surface area (Å²) in [5.41, 5.74) is -0.113. The van der Waals surface area contributed by atoms with Gasteiger partial charge in [0.1, 0.15) is 5.82 Å². The van der Waals surface area contributed by atoms with E-state index in [9.17, 15) is 18.0 Å². The number of alkyl halides is 2. The van der Waals surface area contributed by atoms with Crippen molar-refractivity contribution in [2.45, 2.75) is 31.6 Å². The number of hydrogen-bond donors (Lipinski definition) is 0. The summed E-state index contributed by atoms with van der Waals surface area (Å²) in [5, 5.41) is 0.261. The van der Waals surface area contributed by atoms with E-state index >= 15 is 0 Å². The zero-order chi connectivity index (χ0) is 13.3. The molecule has 0 bridgehead atoms. The quantitative estimate of drug-likeness (QED) is 0.744. The summed E-state index contributed by atoms with van der Waals surface area (Å²) in [6, 6.07) is 3.70. The van der Waals surface area contributed by atoms with Crippen LogP contribution in [0, 0.1) is 11.7 Å². The van der Waals surface area contributed by atoms with Crippen LogP contribution in [0.5, 0.6) is 0 Å². The van der Waals surface area contributed by atoms with Crippen molar-refractivity contribution in [1.82, 2.24) is 0 Å². The topological polar surface area (TPSA) is 17.1 Å². The molecule has 1 aromatic carbocycles. The van der Waals surface area contributed by atoms with E-state index < -0.39 is 17.5 Å². The Kier molecular flexibility index (Phi) is 3.66. The van der Waals surface area contributed by atoms with E-state index in [0.717, 1.165) is 6.07 Å². The van der Waals surface area contributed by atoms with Crippen LogP contribution in [0.3, 0.4) is 0 Å². The van der Waals surface area contributed by atoms with Crippen molar-refractivity contribution in [2.75, 3.05) is 0 Å². The number of rotatable bonds is 3. The first-order valence-electron chi connectivity index (χ1n) is 5.73. The fourth-order valence-corrected chi connectivity index (χ4v) is 2.47. The highest BCUT2D eigenvalue weighted by molar-refractivity contribution is 6.31. The molecule has 0 aliphatic heterocycles. The highest BCUT2D eigenvalue weighted by atomic mass is 35.5. The number of ketones is 1. The van der Waals surface area contributed by atoms with E-state index in [0.29, 0.717) is 6.42 Å². The van der Waals surface area contributed by atoms with Crippen molar-refractivity contribution in [1.29, 1.82) is 0 Å². The van der Waals surface area contributed by atoms with Crippen LogP contribution in [-0.2, 0) is 0 Å². The van der Waals surface area contributed by atoms with Crippen LogP contribution in [0.25, 0.3) is 0 Å². The molecule has 0 radical (unpaired) electrons. The van der Waals surface area contributed by atoms with Gasteiger partial charge in [0.15, 0.2) is 5.78 Å². The van der Waals surface area contributed by atoms with Crippen molar-refractivity contribution < 1.29 is 18.0 Å². The number of carbonyl (C=O) groups is 1. The fourth-order valence-electron chi connectivity index (χ4n) is 2.30. The molecule has 1 fully saturated rings. The molecule has 0 aromatic heterocycles. The predicted molar refractivity (Wildman–Crippen MR) is 62.6 cm³/mol. The van der Waals surface area contributed by atoms with Crippen LogP contribution >= 0.6 is 11.6 Å². The largest absolute Gasteiger partial charge is 0.294 e. The summed E-state index contributed by atoms with van der Waals surface area (Å²) >= 11 is 5.68. The molecule has 98 valence electrons. The van der Waals surface area contributed by atoms with Crippen LogP contribution in [0.2, 0.25) is 5.02 Å². The lowest BCUT2D eigenvalue weighted by molar-refractivity contribution is 0.00497. The Morgan fingerprint density at radius 1 is 1.44 bits per heavy atom. The minimum absolute atomic E-state index is 0.0488. The average Bonchev–Trinajstić information content (AvgIpc) is 2.61. The van der Waals surface area contributed by atoms with Crippen molar-refractivity contribution >= 4 is 17.4 Å². The maximum atomic E-state index is 13.4. The summed E-state index contributed by atoms with van der Waals surface area (Å²) < 4.78 is 39.4. The molecule has 2 rings (SSSR count). The van der Waals surface area contributed by atoms with Crippen LogP contribution in [0.1, 0.15) is 36.0 Å². The van der Waals surface area contributed by atoms with E-state index in [1.165, 1.54) is 12.1 Å². The molecule has 1 aliphatic carbocycles. The lowest BCUT2D eigenvalue weighted by atomic mass is 9.96. The number of hydrogen-bond acceptors (Lipinski definition) is 1. The van der Waals surface area contributed by atoms with Crippen LogP contribution in [-0.4, -0.2) is 11.7 Å². The molecule has 0 heterocycles. The maximum Gasteiger partial charge on any atom is 0.248 e. The van der Waals surface area contributed by atoms with Gasteiger partial charge in [-0.3, -0.25) is 4.79 Å². The lowest BCUT2D eigenvalue weighted by Gasteiger charge is -2.10. The molecular formula is C13H12ClF3O. The third-order valence-electron chi connectivity index (χ3n) is 3.21. The second-order valence-electron chi connectivity index (χ2n) is 4.72. The molecule has 1 nitrogen and oxygen atoms in total. The molecule has 1 atom stereocenters. The van der Waals surface area contributed by atoms with E-state index in [-0.39, 0.29) is 35.8 Å². The minimum atomic E-state index is -2.68. The van der Waals surface area contributed by atoms with Crippen LogP contribution in [0.15, 0.2) is 18.2 Å². The molecule has 18 heavy (non-hydrogen) atoms. The predicted octanol–water partition coefficient (Wildman–Crippen LogP) is 4.49. The molecule has 0 N–H and O–H groups in total. The normalized spacial score (nSPS) is 22.1. The summed E-state index contributed by atoms with van der Waals surface area (Å²) in [6.45, 7) is 0. The Hall–Kier alpha value is -1.03. The van der Waals surface area contributed by atoms with Gasteiger partial charge in [0.05, 0.1) is 5.56 Å². The second-order valence-corrected chi connectivity index (χ2v) is 5.15. The van der Waals surface area contributed by atoms with Gasteiger partial charge in [-0.2, -0.15) is 0 Å². The van der Waals surface area contributed by atoms with Gasteiger partial charge in [-0.05, 0) is 30.5 Å². The van der Waals surface area contributed by atoms with E-state index in [4.69, 9.17) is 11.6 Å². The average molecular weight is 277 g/mol. The highest BCUT2D eigenvalue weighted by Gasteiger charge is 2.40. The molecule has 1 unspecified atom stereocenters. The van der Waals surface area contributed by atoms with Gasteiger partial charge in [0.2, 0.25) is 5.92 Å². The van der Waals surface area contributed by atoms with Gasteiger partial charge in [-0.15, -0.1) is 0 Å². The zero-order valence-electron chi connectivity index (χ0n) is 9.56. The monoisotopic (exact) mass is 276 g/mol. The third kappa shape index (κ3) is 3.05. The van der Waals surface area contributed by atoms with E-state index in [2.05, 4.69) is 0 Å². The SMILES string of the molecule is O=C(CC1CCC(F)(F)C1)c1cc(Cl)ccc1F. The van der Waals surface area contributed by atoms with Crippen LogP contribution in [0.4, 0.5) is 13.2 Å². The summed E-state index contributed by atoms with van der Waals surface area (Å²) in [6.07, 6.45) is -0.225. The standard InChI is InChI=1S/C13H12ClF3O/c14-9-1-2-11(15)10(6-9)12(18)5-8-3-4-13(16,17)7-8/h1-2,6,8H,3-5,7H2. The number of halogens is 4. The fraction of sp³-hybridized carbons (Fsp3) is 0.462. The molecule has 0 amide bonds. The summed E-state index contributed by atoms with van der Waals surface area (Å²) in [5.74, 6) is -4.17. The van der Waals surface area contributed by atoms with Crippen molar-refractivity contribution in [2.24, 2.45) is 5.92 Å². The second kappa shape index (κ2) is 4.92. The van der Waals surface area contributed by atoms with Crippen LogP contribution < -0.4 is 0 Å². The molecular weight excluding hydrogens is 265 g/mol. The Morgan fingerprint density at radius 2 is 2.17 bits per heavy atom. The number of carbonyl (C=O) groups excluding carboxylic acids is 1. The van der Waals surface area contributed by atoms with Gasteiger partial charge >= 0.3 is 0 Å².